The van der Waals surface area contributed by atoms with Crippen LogP contribution in [0.1, 0.15) is 17.0 Å². The zero-order valence-electron chi connectivity index (χ0n) is 11.0. The van der Waals surface area contributed by atoms with Gasteiger partial charge in [-0.3, -0.25) is 0 Å². The molecule has 0 aliphatic heterocycles. The van der Waals surface area contributed by atoms with Gasteiger partial charge in [0.1, 0.15) is 5.82 Å². The Hall–Kier alpha value is -1.70. The molecule has 7 heteroatoms. The molecule has 0 saturated carbocycles. The molecular formula is C13H18N4O2S. The number of imidazole rings is 1. The molecule has 0 saturated heterocycles. The van der Waals surface area contributed by atoms with Crippen molar-refractivity contribution in [3.05, 3.63) is 53.6 Å². The SMILES string of the molecule is NCc1ccccc1CS(=O)(=O)NCCc1ncc[nH]1. The molecule has 0 amide bonds. The lowest BCUT2D eigenvalue weighted by Gasteiger charge is -2.09. The summed E-state index contributed by atoms with van der Waals surface area (Å²) >= 11 is 0. The molecule has 0 aliphatic carbocycles. The lowest BCUT2D eigenvalue weighted by atomic mass is 10.1. The van der Waals surface area contributed by atoms with E-state index in [1.165, 1.54) is 0 Å². The van der Waals surface area contributed by atoms with Crippen molar-refractivity contribution in [2.24, 2.45) is 5.73 Å². The number of nitrogens with zero attached hydrogens (tertiary/aromatic N) is 1. The number of hydrogen-bond donors (Lipinski definition) is 3. The van der Waals surface area contributed by atoms with E-state index in [0.29, 0.717) is 19.5 Å². The Morgan fingerprint density at radius 2 is 2.00 bits per heavy atom. The second-order valence-electron chi connectivity index (χ2n) is 4.41. The predicted molar refractivity (Wildman–Crippen MR) is 77.3 cm³/mol. The van der Waals surface area contributed by atoms with Gasteiger partial charge >= 0.3 is 0 Å². The Bertz CT molecular complexity index is 638. The molecule has 1 aromatic carbocycles. The minimum Gasteiger partial charge on any atom is -0.349 e. The smallest absolute Gasteiger partial charge is 0.215 e. The second-order valence-corrected chi connectivity index (χ2v) is 6.22. The van der Waals surface area contributed by atoms with E-state index in [1.807, 2.05) is 18.2 Å². The fourth-order valence-electron chi connectivity index (χ4n) is 1.91. The molecule has 1 heterocycles. The van der Waals surface area contributed by atoms with Crippen molar-refractivity contribution in [1.82, 2.24) is 14.7 Å². The molecule has 0 fully saturated rings. The quantitative estimate of drug-likeness (QED) is 0.693. The van der Waals surface area contributed by atoms with Gasteiger partial charge in [-0.05, 0) is 11.1 Å². The topological polar surface area (TPSA) is 101 Å². The number of nitrogens with one attached hydrogen (secondary N) is 2. The Kier molecular flexibility index (Phi) is 4.89. The Labute approximate surface area is 118 Å². The third-order valence-corrected chi connectivity index (χ3v) is 4.26. The van der Waals surface area contributed by atoms with Gasteiger partial charge in [0.25, 0.3) is 0 Å². The first-order valence-corrected chi connectivity index (χ1v) is 7.98. The van der Waals surface area contributed by atoms with Gasteiger partial charge in [0, 0.05) is 31.9 Å². The van der Waals surface area contributed by atoms with Gasteiger partial charge in [0.05, 0.1) is 5.75 Å². The van der Waals surface area contributed by atoms with Crippen LogP contribution in [0, 0.1) is 0 Å². The average Bonchev–Trinajstić information content (AvgIpc) is 2.92. The monoisotopic (exact) mass is 294 g/mol. The number of nitrogens with two attached hydrogens (primary N) is 1. The van der Waals surface area contributed by atoms with Gasteiger partial charge < -0.3 is 10.7 Å². The summed E-state index contributed by atoms with van der Waals surface area (Å²) in [5.74, 6) is 0.702. The van der Waals surface area contributed by atoms with Gasteiger partial charge in [-0.15, -0.1) is 0 Å². The first-order valence-electron chi connectivity index (χ1n) is 6.33. The summed E-state index contributed by atoms with van der Waals surface area (Å²) in [5.41, 5.74) is 7.19. The molecule has 0 bridgehead atoms. The van der Waals surface area contributed by atoms with E-state index in [-0.39, 0.29) is 5.75 Å². The third kappa shape index (κ3) is 4.16. The molecule has 0 spiro atoms. The van der Waals surface area contributed by atoms with Crippen molar-refractivity contribution in [2.45, 2.75) is 18.7 Å². The van der Waals surface area contributed by atoms with Crippen LogP contribution in [0.5, 0.6) is 0 Å². The lowest BCUT2D eigenvalue weighted by molar-refractivity contribution is 0.580. The summed E-state index contributed by atoms with van der Waals surface area (Å²) in [7, 11) is -3.37. The van der Waals surface area contributed by atoms with Crippen LogP contribution in [-0.4, -0.2) is 24.9 Å². The minimum atomic E-state index is -3.37. The van der Waals surface area contributed by atoms with Crippen molar-refractivity contribution < 1.29 is 8.42 Å². The molecule has 0 unspecified atom stereocenters. The molecule has 6 nitrogen and oxygen atoms in total. The molecule has 0 atom stereocenters. The zero-order chi connectivity index (χ0) is 14.4. The molecular weight excluding hydrogens is 276 g/mol. The third-order valence-electron chi connectivity index (χ3n) is 2.92. The summed E-state index contributed by atoms with van der Waals surface area (Å²) in [4.78, 5) is 6.97. The molecule has 2 aromatic rings. The minimum absolute atomic E-state index is 0.0570. The Morgan fingerprint density at radius 1 is 1.25 bits per heavy atom. The van der Waals surface area contributed by atoms with Crippen molar-refractivity contribution in [1.29, 1.82) is 0 Å². The average molecular weight is 294 g/mol. The van der Waals surface area contributed by atoms with Crippen LogP contribution >= 0.6 is 0 Å². The maximum atomic E-state index is 12.0. The number of hydrogen-bond acceptors (Lipinski definition) is 4. The van der Waals surface area contributed by atoms with E-state index < -0.39 is 10.0 Å². The first kappa shape index (κ1) is 14.7. The highest BCUT2D eigenvalue weighted by Crippen LogP contribution is 2.11. The van der Waals surface area contributed by atoms with Crippen LogP contribution in [0.15, 0.2) is 36.7 Å². The van der Waals surface area contributed by atoms with E-state index in [9.17, 15) is 8.42 Å². The number of rotatable bonds is 7. The standard InChI is InChI=1S/C13H18N4O2S/c14-9-11-3-1-2-4-12(11)10-20(18,19)17-6-5-13-15-7-8-16-13/h1-4,7-8,17H,5-6,9-10,14H2,(H,15,16). The summed E-state index contributed by atoms with van der Waals surface area (Å²) in [6.07, 6.45) is 3.88. The van der Waals surface area contributed by atoms with Crippen molar-refractivity contribution in [3.8, 4) is 0 Å². The molecule has 0 aliphatic rings. The fourth-order valence-corrected chi connectivity index (χ4v) is 3.12. The van der Waals surface area contributed by atoms with Gasteiger partial charge in [-0.25, -0.2) is 18.1 Å². The normalized spacial score (nSPS) is 11.7. The van der Waals surface area contributed by atoms with Crippen LogP contribution in [0.25, 0.3) is 0 Å². The summed E-state index contributed by atoms with van der Waals surface area (Å²) in [6, 6.07) is 7.29. The van der Waals surface area contributed by atoms with Crippen LogP contribution < -0.4 is 10.5 Å². The molecule has 2 rings (SSSR count). The number of H-pyrrole nitrogens is 1. The van der Waals surface area contributed by atoms with Crippen molar-refractivity contribution in [2.75, 3.05) is 6.54 Å². The molecule has 108 valence electrons. The maximum absolute atomic E-state index is 12.0. The Morgan fingerprint density at radius 3 is 2.65 bits per heavy atom. The summed E-state index contributed by atoms with van der Waals surface area (Å²) < 4.78 is 26.6. The molecule has 4 N–H and O–H groups in total. The largest absolute Gasteiger partial charge is 0.349 e. The highest BCUT2D eigenvalue weighted by atomic mass is 32.2. The van der Waals surface area contributed by atoms with Gasteiger partial charge in [-0.2, -0.15) is 0 Å². The predicted octanol–water partition coefficient (Wildman–Crippen LogP) is 0.530. The molecule has 1 aromatic heterocycles. The first-order chi connectivity index (χ1) is 9.61. The highest BCUT2D eigenvalue weighted by molar-refractivity contribution is 7.88. The van der Waals surface area contributed by atoms with E-state index in [1.54, 1.807) is 18.5 Å². The molecule has 0 radical (unpaired) electrons. The van der Waals surface area contributed by atoms with Gasteiger partial charge in [0.2, 0.25) is 10.0 Å². The van der Waals surface area contributed by atoms with E-state index >= 15 is 0 Å². The van der Waals surface area contributed by atoms with E-state index in [2.05, 4.69) is 14.7 Å². The van der Waals surface area contributed by atoms with Crippen LogP contribution in [0.3, 0.4) is 0 Å². The van der Waals surface area contributed by atoms with Crippen molar-refractivity contribution >= 4 is 10.0 Å². The highest BCUT2D eigenvalue weighted by Gasteiger charge is 2.13. The van der Waals surface area contributed by atoms with Crippen LogP contribution in [0.2, 0.25) is 0 Å². The van der Waals surface area contributed by atoms with E-state index in [4.69, 9.17) is 5.73 Å². The number of benzene rings is 1. The summed E-state index contributed by atoms with van der Waals surface area (Å²) in [5, 5.41) is 0. The maximum Gasteiger partial charge on any atom is 0.215 e. The second kappa shape index (κ2) is 6.65. The number of aromatic amines is 1. The van der Waals surface area contributed by atoms with Gasteiger partial charge in [-0.1, -0.05) is 24.3 Å². The molecule has 20 heavy (non-hydrogen) atoms. The number of aromatic nitrogens is 2. The fraction of sp³-hybridized carbons (Fsp3) is 0.308. The van der Waals surface area contributed by atoms with Crippen LogP contribution in [-0.2, 0) is 28.7 Å². The van der Waals surface area contributed by atoms with Crippen LogP contribution in [0.4, 0.5) is 0 Å². The van der Waals surface area contributed by atoms with E-state index in [0.717, 1.165) is 17.0 Å². The van der Waals surface area contributed by atoms with Crippen molar-refractivity contribution in [3.63, 3.8) is 0 Å². The lowest BCUT2D eigenvalue weighted by Crippen LogP contribution is -2.28. The summed E-state index contributed by atoms with van der Waals surface area (Å²) in [6.45, 7) is 0.652. The number of sulfonamides is 1. The van der Waals surface area contributed by atoms with Gasteiger partial charge in [0.15, 0.2) is 0 Å². The Balaban J connectivity index is 1.93. The zero-order valence-corrected chi connectivity index (χ0v) is 11.9.